The van der Waals surface area contributed by atoms with Gasteiger partial charge < -0.3 is 51.6 Å². The minimum absolute atomic E-state index is 0.0925. The van der Waals surface area contributed by atoms with E-state index >= 15 is 0 Å². The molecule has 4 aromatic rings. The van der Waals surface area contributed by atoms with Crippen LogP contribution in [0.2, 0.25) is 0 Å². The summed E-state index contributed by atoms with van der Waals surface area (Å²) in [6.45, 7) is -0.978. The summed E-state index contributed by atoms with van der Waals surface area (Å²) in [4.78, 5) is 25.6. The number of fused-ring (bicyclic) bond motifs is 2. The summed E-state index contributed by atoms with van der Waals surface area (Å²) in [5.74, 6) is -0.185. The lowest BCUT2D eigenvalue weighted by Crippen LogP contribution is -2.33. The van der Waals surface area contributed by atoms with Gasteiger partial charge in [-0.1, -0.05) is 0 Å². The number of aliphatic hydroxyl groups excluding tert-OH is 6. The molecule has 8 atom stereocenters. The molecule has 0 saturated carbocycles. The van der Waals surface area contributed by atoms with Crippen LogP contribution in [0.1, 0.15) is 12.5 Å². The third-order valence-corrected chi connectivity index (χ3v) is 8.76. The van der Waals surface area contributed by atoms with Gasteiger partial charge in [-0.2, -0.15) is 9.97 Å². The van der Waals surface area contributed by atoms with Gasteiger partial charge in [-0.15, -0.1) is 0 Å². The van der Waals surface area contributed by atoms with Crippen molar-refractivity contribution in [2.45, 2.75) is 59.1 Å². The van der Waals surface area contributed by atoms with E-state index in [1.807, 2.05) is 0 Å². The van der Waals surface area contributed by atoms with Crippen LogP contribution < -0.4 is 11.5 Å². The lowest BCUT2D eigenvalue weighted by atomic mass is 10.1. The number of nitrogens with two attached hydrogens (primary N) is 2. The monoisotopic (exact) mass is 596 g/mol. The van der Waals surface area contributed by atoms with Crippen LogP contribution in [0.15, 0.2) is 22.7 Å². The fourth-order valence-electron chi connectivity index (χ4n) is 4.60. The molecule has 0 radical (unpaired) electrons. The third-order valence-electron chi connectivity index (χ3n) is 6.60. The van der Waals surface area contributed by atoms with E-state index in [1.54, 1.807) is 0 Å². The summed E-state index contributed by atoms with van der Waals surface area (Å²) < 4.78 is 14.0. The number of rotatable bonds is 7. The predicted molar refractivity (Wildman–Crippen MR) is 137 cm³/mol. The van der Waals surface area contributed by atoms with Crippen molar-refractivity contribution in [3.63, 3.8) is 0 Å². The van der Waals surface area contributed by atoms with E-state index in [4.69, 9.17) is 20.9 Å². The van der Waals surface area contributed by atoms with Crippen LogP contribution in [0, 0.1) is 0 Å². The molecular weight excluding hydrogens is 572 g/mol. The smallest absolute Gasteiger partial charge is 0.223 e. The van der Waals surface area contributed by atoms with E-state index in [-0.39, 0.29) is 23.2 Å². The maximum Gasteiger partial charge on any atom is 0.223 e. The number of ether oxygens (including phenoxy) is 2. The van der Waals surface area contributed by atoms with Gasteiger partial charge in [-0.3, -0.25) is 9.13 Å². The van der Waals surface area contributed by atoms with Gasteiger partial charge in [0, 0.05) is 0 Å². The Balaban J connectivity index is 1.30. The number of aromatic nitrogens is 8. The number of anilines is 2. The summed E-state index contributed by atoms with van der Waals surface area (Å²) in [6.07, 6.45) is -6.71. The Hall–Kier alpha value is -2.92. The Bertz CT molecular complexity index is 1440. The molecule has 40 heavy (non-hydrogen) atoms. The maximum absolute atomic E-state index is 10.4. The fraction of sp³-hybridized carbons (Fsp3) is 0.500. The van der Waals surface area contributed by atoms with Gasteiger partial charge in [0.15, 0.2) is 23.8 Å². The zero-order valence-corrected chi connectivity index (χ0v) is 21.9. The summed E-state index contributed by atoms with van der Waals surface area (Å²) in [5, 5.41) is 60.7. The Morgan fingerprint density at radius 1 is 0.675 bits per heavy atom. The second-order valence-corrected chi connectivity index (χ2v) is 11.2. The van der Waals surface area contributed by atoms with Crippen molar-refractivity contribution in [3.8, 4) is 0 Å². The molecule has 0 aliphatic carbocycles. The normalized spacial score (nSPS) is 30.6. The van der Waals surface area contributed by atoms with E-state index in [0.717, 1.165) is 21.6 Å². The molecule has 0 spiro atoms. The van der Waals surface area contributed by atoms with Crippen molar-refractivity contribution >= 4 is 55.8 Å². The lowest BCUT2D eigenvalue weighted by Gasteiger charge is -2.16. The van der Waals surface area contributed by atoms with E-state index in [1.165, 1.54) is 21.8 Å². The largest absolute Gasteiger partial charge is 0.394 e. The fourth-order valence-corrected chi connectivity index (χ4v) is 6.64. The van der Waals surface area contributed by atoms with Crippen LogP contribution in [0.3, 0.4) is 0 Å². The maximum atomic E-state index is 10.4. The highest BCUT2D eigenvalue weighted by atomic mass is 33.1. The van der Waals surface area contributed by atoms with Gasteiger partial charge in [0.25, 0.3) is 0 Å². The molecule has 0 bridgehead atoms. The van der Waals surface area contributed by atoms with E-state index in [2.05, 4.69) is 29.9 Å². The van der Waals surface area contributed by atoms with Crippen molar-refractivity contribution in [2.75, 3.05) is 24.7 Å². The number of hydrogen-bond donors (Lipinski definition) is 8. The zero-order chi connectivity index (χ0) is 28.3. The average Bonchev–Trinajstić information content (AvgIpc) is 3.68. The third kappa shape index (κ3) is 4.41. The molecule has 4 aromatic heterocycles. The first-order valence-corrected chi connectivity index (χ1v) is 14.0. The van der Waals surface area contributed by atoms with E-state index < -0.39 is 62.3 Å². The predicted octanol–water partition coefficient (Wildman–Crippen LogP) is -2.85. The van der Waals surface area contributed by atoms with Crippen LogP contribution >= 0.6 is 21.6 Å². The van der Waals surface area contributed by atoms with Crippen LogP contribution in [0.5, 0.6) is 0 Å². The molecule has 18 nitrogen and oxygen atoms in total. The number of nitrogens with zero attached hydrogens (tertiary/aromatic N) is 8. The Morgan fingerprint density at radius 2 is 1.07 bits per heavy atom. The topological polar surface area (TPSA) is 279 Å². The van der Waals surface area contributed by atoms with Crippen molar-refractivity contribution in [3.05, 3.63) is 12.7 Å². The van der Waals surface area contributed by atoms with E-state index in [0.29, 0.717) is 21.1 Å². The minimum Gasteiger partial charge on any atom is -0.394 e. The number of imidazole rings is 2. The van der Waals surface area contributed by atoms with Gasteiger partial charge >= 0.3 is 0 Å². The van der Waals surface area contributed by atoms with Crippen molar-refractivity contribution < 1.29 is 40.1 Å². The van der Waals surface area contributed by atoms with Crippen LogP contribution in [0.25, 0.3) is 22.3 Å². The molecular formula is C20H24N10O8S2. The Morgan fingerprint density at radius 3 is 1.43 bits per heavy atom. The molecule has 0 aromatic carbocycles. The second kappa shape index (κ2) is 10.5. The highest BCUT2D eigenvalue weighted by Gasteiger charge is 2.45. The summed E-state index contributed by atoms with van der Waals surface area (Å²) >= 11 is 0. The first kappa shape index (κ1) is 27.3. The van der Waals surface area contributed by atoms with Crippen LogP contribution in [-0.4, -0.2) is 120 Å². The van der Waals surface area contributed by atoms with Crippen LogP contribution in [-0.2, 0) is 9.47 Å². The first-order valence-electron chi connectivity index (χ1n) is 11.8. The van der Waals surface area contributed by atoms with Gasteiger partial charge in [-0.25, -0.2) is 19.9 Å². The highest BCUT2D eigenvalue weighted by Crippen LogP contribution is 2.42. The van der Waals surface area contributed by atoms with Gasteiger partial charge in [0.05, 0.1) is 25.9 Å². The van der Waals surface area contributed by atoms with E-state index in [9.17, 15) is 30.6 Å². The van der Waals surface area contributed by atoms with Crippen molar-refractivity contribution in [1.82, 2.24) is 39.0 Å². The lowest BCUT2D eigenvalue weighted by molar-refractivity contribution is -0.0511. The molecule has 6 rings (SSSR count). The molecule has 20 heteroatoms. The molecule has 2 aliphatic rings. The summed E-state index contributed by atoms with van der Waals surface area (Å²) in [6, 6.07) is 0. The molecule has 6 heterocycles. The minimum atomic E-state index is -1.35. The van der Waals surface area contributed by atoms with Gasteiger partial charge in [0.2, 0.25) is 11.9 Å². The molecule has 2 aliphatic heterocycles. The summed E-state index contributed by atoms with van der Waals surface area (Å²) in [5.41, 5.74) is 13.0. The number of hydrogen-bond acceptors (Lipinski definition) is 18. The quantitative estimate of drug-likeness (QED) is 0.0787. The Kier molecular flexibility index (Phi) is 7.14. The zero-order valence-electron chi connectivity index (χ0n) is 20.2. The van der Waals surface area contributed by atoms with Gasteiger partial charge in [-0.05, 0) is 21.6 Å². The highest BCUT2D eigenvalue weighted by molar-refractivity contribution is 8.76. The molecule has 214 valence electrons. The first-order chi connectivity index (χ1) is 19.2. The average molecular weight is 597 g/mol. The second-order valence-electron chi connectivity index (χ2n) is 9.05. The molecule has 2 saturated heterocycles. The SMILES string of the molecule is Nc1nc(SSc2nc(N)nc3c2ncn3C2OC(CO)C(O)C2O)c2ncn(C3OC(CO)C(O)C3O)c2n1. The van der Waals surface area contributed by atoms with Crippen molar-refractivity contribution in [2.24, 2.45) is 0 Å². The van der Waals surface area contributed by atoms with Crippen molar-refractivity contribution in [1.29, 1.82) is 0 Å². The number of nitrogen functional groups attached to an aromatic ring is 2. The summed E-state index contributed by atoms with van der Waals surface area (Å²) in [7, 11) is 2.24. The Labute approximate surface area is 231 Å². The molecule has 2 fully saturated rings. The molecule has 8 unspecified atom stereocenters. The molecule has 10 N–H and O–H groups in total. The van der Waals surface area contributed by atoms with Crippen LogP contribution in [0.4, 0.5) is 11.9 Å². The molecule has 0 amide bonds. The standard InChI is InChI=1S/C20H24N10O8S2/c21-19-25-13-7(23-3-29(13)17-11(35)9(33)5(1-31)37-17)15(27-19)39-40-16-8-14(26-20(22)28-16)30(4-24-8)18-12(36)10(34)6(2-32)38-18/h3-6,9-12,17-18,31-36H,1-2H2,(H2,21,25,27)(H2,22,26,28). The number of aliphatic hydroxyl groups is 6. The van der Waals surface area contributed by atoms with Gasteiger partial charge in [0.1, 0.15) is 57.7 Å².